The van der Waals surface area contributed by atoms with Gasteiger partial charge in [-0.2, -0.15) is 0 Å². The highest BCUT2D eigenvalue weighted by Crippen LogP contribution is 2.49. The van der Waals surface area contributed by atoms with Crippen LogP contribution in [0.2, 0.25) is 0 Å². The molecule has 1 aliphatic rings. The Morgan fingerprint density at radius 3 is 2.50 bits per heavy atom. The molecule has 122 valence electrons. The molecule has 22 heavy (non-hydrogen) atoms. The summed E-state index contributed by atoms with van der Waals surface area (Å²) in [6.45, 7) is 2.43. The van der Waals surface area contributed by atoms with Crippen LogP contribution < -0.4 is 10.6 Å². The van der Waals surface area contributed by atoms with E-state index < -0.39 is 23.2 Å². The normalized spacial score (nSPS) is 16.9. The molecule has 2 rings (SSSR count). The fourth-order valence-electron chi connectivity index (χ4n) is 2.54. The van der Waals surface area contributed by atoms with Crippen molar-refractivity contribution in [3.63, 3.8) is 0 Å². The maximum absolute atomic E-state index is 13.8. The Labute approximate surface area is 128 Å². The predicted molar refractivity (Wildman–Crippen MR) is 79.6 cm³/mol. The van der Waals surface area contributed by atoms with Crippen LogP contribution in [0.3, 0.4) is 0 Å². The molecular weight excluding hydrogens is 290 g/mol. The van der Waals surface area contributed by atoms with Gasteiger partial charge in [0.1, 0.15) is 11.6 Å². The summed E-state index contributed by atoms with van der Waals surface area (Å²) in [5.41, 5.74) is -0.563. The van der Waals surface area contributed by atoms with Gasteiger partial charge in [-0.3, -0.25) is 0 Å². The smallest absolute Gasteiger partial charge is 0.314 e. The third-order valence-corrected chi connectivity index (χ3v) is 4.17. The second-order valence-electron chi connectivity index (χ2n) is 5.84. The van der Waals surface area contributed by atoms with Gasteiger partial charge in [-0.25, -0.2) is 13.6 Å². The Morgan fingerprint density at radius 2 is 1.95 bits per heavy atom. The molecule has 0 saturated heterocycles. The van der Waals surface area contributed by atoms with Crippen LogP contribution in [0.1, 0.15) is 38.2 Å². The summed E-state index contributed by atoms with van der Waals surface area (Å²) in [4.78, 5) is 11.7. The van der Waals surface area contributed by atoms with E-state index in [0.29, 0.717) is 32.2 Å². The van der Waals surface area contributed by atoms with E-state index in [9.17, 15) is 18.7 Å². The van der Waals surface area contributed by atoms with Crippen LogP contribution in [0.25, 0.3) is 0 Å². The number of benzene rings is 1. The average molecular weight is 312 g/mol. The van der Waals surface area contributed by atoms with Gasteiger partial charge in [-0.15, -0.1) is 0 Å². The maximum Gasteiger partial charge on any atom is 0.314 e. The number of aliphatic hydroxyl groups is 1. The Kier molecular flexibility index (Phi) is 5.34. The zero-order valence-corrected chi connectivity index (χ0v) is 12.7. The third kappa shape index (κ3) is 3.94. The Hall–Kier alpha value is -1.69. The summed E-state index contributed by atoms with van der Waals surface area (Å²) < 4.78 is 27.7. The second kappa shape index (κ2) is 7.05. The lowest BCUT2D eigenvalue weighted by Gasteiger charge is -2.18. The van der Waals surface area contributed by atoms with Gasteiger partial charge in [0.05, 0.1) is 6.10 Å². The van der Waals surface area contributed by atoms with Gasteiger partial charge in [0, 0.05) is 24.1 Å². The molecule has 1 atom stereocenters. The van der Waals surface area contributed by atoms with Crippen molar-refractivity contribution < 1.29 is 18.7 Å². The number of nitrogens with one attached hydrogen (secondary N) is 2. The zero-order valence-electron chi connectivity index (χ0n) is 12.7. The zero-order chi connectivity index (χ0) is 16.2. The van der Waals surface area contributed by atoms with E-state index in [1.807, 2.05) is 6.92 Å². The van der Waals surface area contributed by atoms with Gasteiger partial charge in [-0.05, 0) is 37.8 Å². The van der Waals surface area contributed by atoms with Gasteiger partial charge in [0.15, 0.2) is 0 Å². The van der Waals surface area contributed by atoms with E-state index in [1.165, 1.54) is 18.2 Å². The first-order valence-corrected chi connectivity index (χ1v) is 7.63. The van der Waals surface area contributed by atoms with Crippen LogP contribution in [-0.2, 0) is 5.41 Å². The summed E-state index contributed by atoms with van der Waals surface area (Å²) >= 11 is 0. The molecular formula is C16H22F2N2O2. The summed E-state index contributed by atoms with van der Waals surface area (Å²) in [6.07, 6.45) is 2.00. The number of carbonyl (C=O) groups excluding carboxylic acids is 1. The van der Waals surface area contributed by atoms with Crippen molar-refractivity contribution in [2.45, 2.75) is 44.1 Å². The molecule has 0 heterocycles. The van der Waals surface area contributed by atoms with E-state index in [1.54, 1.807) is 0 Å². The number of urea groups is 1. The number of aliphatic hydroxyl groups excluding tert-OH is 1. The largest absolute Gasteiger partial charge is 0.393 e. The molecule has 1 aromatic rings. The van der Waals surface area contributed by atoms with Crippen molar-refractivity contribution in [2.24, 2.45) is 0 Å². The Balaban J connectivity index is 1.85. The van der Waals surface area contributed by atoms with Crippen molar-refractivity contribution in [2.75, 3.05) is 13.1 Å². The molecule has 1 saturated carbocycles. The van der Waals surface area contributed by atoms with Crippen LogP contribution >= 0.6 is 0 Å². The SMILES string of the molecule is CCC(O)CCNC(=O)NCC1(c2c(F)cccc2F)CC1. The molecule has 3 N–H and O–H groups in total. The Morgan fingerprint density at radius 1 is 1.32 bits per heavy atom. The van der Waals surface area contributed by atoms with Crippen molar-refractivity contribution in [3.05, 3.63) is 35.4 Å². The first kappa shape index (κ1) is 16.7. The molecule has 0 bridgehead atoms. The predicted octanol–water partition coefficient (Wildman–Crippen LogP) is 2.46. The summed E-state index contributed by atoms with van der Waals surface area (Å²) in [5, 5.41) is 14.7. The molecule has 0 aromatic heterocycles. The lowest BCUT2D eigenvalue weighted by Crippen LogP contribution is -2.41. The molecule has 1 aromatic carbocycles. The highest BCUT2D eigenvalue weighted by molar-refractivity contribution is 5.74. The minimum atomic E-state index is -0.629. The average Bonchev–Trinajstić information content (AvgIpc) is 3.25. The fourth-order valence-corrected chi connectivity index (χ4v) is 2.54. The highest BCUT2D eigenvalue weighted by atomic mass is 19.1. The van der Waals surface area contributed by atoms with Crippen molar-refractivity contribution >= 4 is 6.03 Å². The second-order valence-corrected chi connectivity index (χ2v) is 5.84. The minimum Gasteiger partial charge on any atom is -0.393 e. The molecule has 4 nitrogen and oxygen atoms in total. The number of hydrogen-bond acceptors (Lipinski definition) is 2. The van der Waals surface area contributed by atoms with Gasteiger partial charge < -0.3 is 15.7 Å². The van der Waals surface area contributed by atoms with E-state index in [2.05, 4.69) is 10.6 Å². The molecule has 0 spiro atoms. The number of halogens is 2. The summed E-state index contributed by atoms with van der Waals surface area (Å²) in [7, 11) is 0. The monoisotopic (exact) mass is 312 g/mol. The van der Waals surface area contributed by atoms with Crippen molar-refractivity contribution in [1.82, 2.24) is 10.6 Å². The van der Waals surface area contributed by atoms with E-state index in [0.717, 1.165) is 0 Å². The molecule has 1 aliphatic carbocycles. The molecule has 6 heteroatoms. The van der Waals surface area contributed by atoms with Crippen LogP contribution in [0.5, 0.6) is 0 Å². The number of carbonyl (C=O) groups is 1. The van der Waals surface area contributed by atoms with Gasteiger partial charge in [0.25, 0.3) is 0 Å². The fraction of sp³-hybridized carbons (Fsp3) is 0.562. The molecule has 2 amide bonds. The first-order chi connectivity index (χ1) is 10.5. The lowest BCUT2D eigenvalue weighted by molar-refractivity contribution is 0.160. The first-order valence-electron chi connectivity index (χ1n) is 7.63. The van der Waals surface area contributed by atoms with Crippen molar-refractivity contribution in [3.8, 4) is 0 Å². The number of amides is 2. The standard InChI is InChI=1S/C16H22F2N2O2/c1-2-11(21)6-9-19-15(22)20-10-16(7-8-16)14-12(17)4-3-5-13(14)18/h3-5,11,21H,2,6-10H2,1H3,(H2,19,20,22). The lowest BCUT2D eigenvalue weighted by atomic mass is 9.94. The number of rotatable bonds is 7. The number of hydrogen-bond donors (Lipinski definition) is 3. The topological polar surface area (TPSA) is 61.4 Å². The van der Waals surface area contributed by atoms with Crippen LogP contribution in [-0.4, -0.2) is 30.3 Å². The van der Waals surface area contributed by atoms with Gasteiger partial charge in [0.2, 0.25) is 0 Å². The summed E-state index contributed by atoms with van der Waals surface area (Å²) in [6, 6.07) is 3.44. The molecule has 1 fully saturated rings. The minimum absolute atomic E-state index is 0.0664. The third-order valence-electron chi connectivity index (χ3n) is 4.17. The molecule has 1 unspecified atom stereocenters. The van der Waals surface area contributed by atoms with E-state index in [4.69, 9.17) is 0 Å². The van der Waals surface area contributed by atoms with Crippen LogP contribution in [0.4, 0.5) is 13.6 Å². The molecule has 0 aliphatic heterocycles. The van der Waals surface area contributed by atoms with E-state index >= 15 is 0 Å². The van der Waals surface area contributed by atoms with Gasteiger partial charge >= 0.3 is 6.03 Å². The van der Waals surface area contributed by atoms with E-state index in [-0.39, 0.29) is 18.1 Å². The maximum atomic E-state index is 13.8. The van der Waals surface area contributed by atoms with Crippen molar-refractivity contribution in [1.29, 1.82) is 0 Å². The quantitative estimate of drug-likeness (QED) is 0.724. The summed E-state index contributed by atoms with van der Waals surface area (Å²) in [5.74, 6) is -1.13. The van der Waals surface area contributed by atoms with Crippen LogP contribution in [0, 0.1) is 11.6 Å². The van der Waals surface area contributed by atoms with Gasteiger partial charge in [-0.1, -0.05) is 13.0 Å². The highest BCUT2D eigenvalue weighted by Gasteiger charge is 2.47. The molecule has 0 radical (unpaired) electrons. The van der Waals surface area contributed by atoms with Crippen LogP contribution in [0.15, 0.2) is 18.2 Å². The Bertz CT molecular complexity index is 513.